The maximum atomic E-state index is 12.6. The van der Waals surface area contributed by atoms with E-state index in [-0.39, 0.29) is 18.1 Å². The van der Waals surface area contributed by atoms with E-state index in [1.807, 2.05) is 37.1 Å². The number of hydrogen-bond acceptors (Lipinski definition) is 5. The molecule has 1 aromatic rings. The van der Waals surface area contributed by atoms with Gasteiger partial charge in [-0.2, -0.15) is 0 Å². The quantitative estimate of drug-likeness (QED) is 0.764. The van der Waals surface area contributed by atoms with Gasteiger partial charge in [-0.25, -0.2) is 9.59 Å². The van der Waals surface area contributed by atoms with Gasteiger partial charge in [0, 0.05) is 28.3 Å². The van der Waals surface area contributed by atoms with Crippen molar-refractivity contribution >= 4 is 23.4 Å². The number of carbonyl (C=O) groups is 2. The topological polar surface area (TPSA) is 55.8 Å². The van der Waals surface area contributed by atoms with Gasteiger partial charge in [-0.1, -0.05) is 0 Å². The molecular weight excluding hydrogens is 326 g/mol. The van der Waals surface area contributed by atoms with Crippen LogP contribution in [0.4, 0.5) is 4.79 Å². The highest BCUT2D eigenvalue weighted by Gasteiger charge is 2.50. The summed E-state index contributed by atoms with van der Waals surface area (Å²) in [6, 6.07) is 2.39. The molecule has 2 aliphatic rings. The number of thiophene rings is 1. The zero-order valence-corrected chi connectivity index (χ0v) is 15.5. The van der Waals surface area contributed by atoms with Gasteiger partial charge in [0.2, 0.25) is 0 Å². The molecule has 0 aliphatic heterocycles. The Hall–Kier alpha value is -1.56. The Kier molecular flexibility index (Phi) is 4.60. The summed E-state index contributed by atoms with van der Waals surface area (Å²) in [5, 5.41) is 1.83. The van der Waals surface area contributed by atoms with Crippen molar-refractivity contribution < 1.29 is 19.1 Å². The summed E-state index contributed by atoms with van der Waals surface area (Å²) in [6.45, 7) is 5.70. The lowest BCUT2D eigenvalue weighted by atomic mass is 9.91. The Labute approximate surface area is 146 Å². The minimum atomic E-state index is -0.482. The fourth-order valence-electron chi connectivity index (χ4n) is 3.10. The highest BCUT2D eigenvalue weighted by Crippen LogP contribution is 2.49. The van der Waals surface area contributed by atoms with Gasteiger partial charge in [-0.3, -0.25) is 0 Å². The predicted molar refractivity (Wildman–Crippen MR) is 92.5 cm³/mol. The van der Waals surface area contributed by atoms with Crippen LogP contribution in [0.3, 0.4) is 0 Å². The first-order valence-corrected chi connectivity index (χ1v) is 9.36. The summed E-state index contributed by atoms with van der Waals surface area (Å²) in [5.74, 6) is -0.000726. The van der Waals surface area contributed by atoms with Crippen LogP contribution >= 0.6 is 11.3 Å². The van der Waals surface area contributed by atoms with Gasteiger partial charge in [0.25, 0.3) is 0 Å². The van der Waals surface area contributed by atoms with Crippen molar-refractivity contribution in [3.8, 4) is 0 Å². The van der Waals surface area contributed by atoms with Crippen molar-refractivity contribution in [3.05, 3.63) is 21.9 Å². The Bertz CT molecular complexity index is 629. The van der Waals surface area contributed by atoms with Crippen LogP contribution in [0.2, 0.25) is 0 Å². The van der Waals surface area contributed by atoms with Crippen molar-refractivity contribution in [2.45, 2.75) is 70.1 Å². The van der Waals surface area contributed by atoms with E-state index in [9.17, 15) is 9.59 Å². The molecule has 1 aromatic heterocycles. The molecule has 0 radical (unpaired) electrons. The highest BCUT2D eigenvalue weighted by atomic mass is 32.1. The van der Waals surface area contributed by atoms with Gasteiger partial charge in [0.15, 0.2) is 0 Å². The van der Waals surface area contributed by atoms with Gasteiger partial charge in [-0.05, 0) is 52.5 Å². The average Bonchev–Trinajstić information content (AvgIpc) is 3.06. The average molecular weight is 351 g/mol. The summed E-state index contributed by atoms with van der Waals surface area (Å²) >= 11 is 1.57. The van der Waals surface area contributed by atoms with E-state index >= 15 is 0 Å². The fraction of sp³-hybridized carbons (Fsp3) is 0.667. The predicted octanol–water partition coefficient (Wildman–Crippen LogP) is 4.18. The van der Waals surface area contributed by atoms with Crippen LogP contribution in [0.25, 0.3) is 0 Å². The molecule has 3 rings (SSSR count). The van der Waals surface area contributed by atoms with Gasteiger partial charge in [0.05, 0.1) is 12.7 Å². The molecule has 6 heteroatoms. The molecule has 132 valence electrons. The van der Waals surface area contributed by atoms with Crippen molar-refractivity contribution in [3.63, 3.8) is 0 Å². The first-order valence-electron chi connectivity index (χ1n) is 8.48. The van der Waals surface area contributed by atoms with Crippen LogP contribution < -0.4 is 0 Å². The van der Waals surface area contributed by atoms with Gasteiger partial charge < -0.3 is 14.4 Å². The van der Waals surface area contributed by atoms with Gasteiger partial charge in [0.1, 0.15) is 5.60 Å². The summed E-state index contributed by atoms with van der Waals surface area (Å²) in [4.78, 5) is 27.4. The molecule has 1 heterocycles. The lowest BCUT2D eigenvalue weighted by Crippen LogP contribution is -2.48. The highest BCUT2D eigenvalue weighted by molar-refractivity contribution is 7.10. The summed E-state index contributed by atoms with van der Waals surface area (Å²) in [7, 11) is 1.39. The van der Waals surface area contributed by atoms with Crippen LogP contribution in [-0.2, 0) is 9.47 Å². The van der Waals surface area contributed by atoms with Crippen molar-refractivity contribution in [2.75, 3.05) is 7.11 Å². The SMILES string of the molecule is COC(=O)c1csc(C2CC2N(C(=O)OC(C)(C)C)C2CCC2)c1. The minimum Gasteiger partial charge on any atom is -0.465 e. The lowest BCUT2D eigenvalue weighted by molar-refractivity contribution is 0.00409. The first kappa shape index (κ1) is 17.3. The molecular formula is C18H25NO4S. The second-order valence-electron chi connectivity index (χ2n) is 7.61. The number of amides is 1. The molecule has 2 saturated carbocycles. The van der Waals surface area contributed by atoms with Crippen LogP contribution in [0, 0.1) is 0 Å². The number of methoxy groups -OCH3 is 1. The Morgan fingerprint density at radius 3 is 2.54 bits per heavy atom. The smallest absolute Gasteiger partial charge is 0.410 e. The molecule has 0 N–H and O–H groups in total. The van der Waals surface area contributed by atoms with Crippen molar-refractivity contribution in [1.82, 2.24) is 4.90 Å². The largest absolute Gasteiger partial charge is 0.465 e. The number of carbonyl (C=O) groups excluding carboxylic acids is 2. The first-order chi connectivity index (χ1) is 11.3. The number of ether oxygens (including phenoxy) is 2. The third-order valence-corrected chi connectivity index (χ3v) is 5.66. The maximum absolute atomic E-state index is 12.6. The fourth-order valence-corrected chi connectivity index (χ4v) is 4.15. The number of nitrogens with zero attached hydrogens (tertiary/aromatic N) is 1. The zero-order valence-electron chi connectivity index (χ0n) is 14.7. The van der Waals surface area contributed by atoms with Gasteiger partial charge >= 0.3 is 12.1 Å². The molecule has 0 spiro atoms. The van der Waals surface area contributed by atoms with Crippen molar-refractivity contribution in [1.29, 1.82) is 0 Å². The van der Waals surface area contributed by atoms with E-state index in [1.165, 1.54) is 13.5 Å². The molecule has 2 atom stereocenters. The molecule has 1 amide bonds. The Balaban J connectivity index is 1.70. The monoisotopic (exact) mass is 351 g/mol. The molecule has 24 heavy (non-hydrogen) atoms. The van der Waals surface area contributed by atoms with E-state index in [2.05, 4.69) is 0 Å². The van der Waals surface area contributed by atoms with E-state index in [4.69, 9.17) is 9.47 Å². The second kappa shape index (κ2) is 6.39. The number of rotatable bonds is 4. The van der Waals surface area contributed by atoms with E-state index in [0.29, 0.717) is 17.5 Å². The zero-order chi connectivity index (χ0) is 17.5. The van der Waals surface area contributed by atoms with Crippen LogP contribution in [0.5, 0.6) is 0 Å². The van der Waals surface area contributed by atoms with Crippen LogP contribution in [0.15, 0.2) is 11.4 Å². The maximum Gasteiger partial charge on any atom is 0.410 e. The summed E-state index contributed by atoms with van der Waals surface area (Å²) in [6.07, 6.45) is 4.02. The number of hydrogen-bond donors (Lipinski definition) is 0. The summed E-state index contributed by atoms with van der Waals surface area (Å²) in [5.41, 5.74) is 0.111. The standard InChI is InChI=1S/C18H25NO4S/c1-18(2,3)23-17(21)19(12-6-5-7-12)14-9-13(14)15-8-11(10-24-15)16(20)22-4/h8,10,12-14H,5-7,9H2,1-4H3. The minimum absolute atomic E-state index is 0.189. The molecule has 0 bridgehead atoms. The Morgan fingerprint density at radius 1 is 1.29 bits per heavy atom. The molecule has 5 nitrogen and oxygen atoms in total. The number of esters is 1. The van der Waals surface area contributed by atoms with E-state index < -0.39 is 5.60 Å². The van der Waals surface area contributed by atoms with E-state index in [1.54, 1.807) is 11.3 Å². The van der Waals surface area contributed by atoms with Crippen LogP contribution in [-0.4, -0.2) is 41.8 Å². The van der Waals surface area contributed by atoms with Gasteiger partial charge in [-0.15, -0.1) is 11.3 Å². The van der Waals surface area contributed by atoms with Crippen molar-refractivity contribution in [2.24, 2.45) is 0 Å². The third-order valence-electron chi connectivity index (χ3n) is 4.59. The van der Waals surface area contributed by atoms with Crippen LogP contribution in [0.1, 0.15) is 67.6 Å². The summed E-state index contributed by atoms with van der Waals surface area (Å²) < 4.78 is 10.4. The molecule has 2 aliphatic carbocycles. The molecule has 0 saturated heterocycles. The second-order valence-corrected chi connectivity index (χ2v) is 8.55. The van der Waals surface area contributed by atoms with E-state index in [0.717, 1.165) is 24.1 Å². The molecule has 2 unspecified atom stereocenters. The Morgan fingerprint density at radius 2 is 2.00 bits per heavy atom. The molecule has 0 aromatic carbocycles. The lowest BCUT2D eigenvalue weighted by Gasteiger charge is -2.38. The third kappa shape index (κ3) is 3.58. The normalized spacial score (nSPS) is 23.3. The molecule has 2 fully saturated rings.